The molecule has 0 unspecified atom stereocenters. The van der Waals surface area contributed by atoms with Crippen molar-refractivity contribution in [2.45, 2.75) is 51.1 Å². The van der Waals surface area contributed by atoms with Crippen LogP contribution in [0.5, 0.6) is 17.2 Å². The second-order valence-corrected chi connectivity index (χ2v) is 12.1. The van der Waals surface area contributed by atoms with Crippen LogP contribution < -0.4 is 19.1 Å². The highest BCUT2D eigenvalue weighted by Gasteiger charge is 2.37. The van der Waals surface area contributed by atoms with Crippen LogP contribution in [0.3, 0.4) is 0 Å². The zero-order valence-electron chi connectivity index (χ0n) is 25.4. The van der Waals surface area contributed by atoms with Gasteiger partial charge in [0.15, 0.2) is 11.5 Å². The first-order valence-electron chi connectivity index (χ1n) is 15.1. The van der Waals surface area contributed by atoms with Gasteiger partial charge >= 0.3 is 0 Å². The van der Waals surface area contributed by atoms with E-state index >= 15 is 0 Å². The standard InChI is InChI=1S/C34H40N4O5/c1-21-11-24-17-35-28-15-32(31(41-5)14-26(28)33(39)37(24)18-21)43-10-8-6-7-9-42-30-16-29-27(13-23(30)3)34(40)38-19-22(2)12-25(38)20-36(29)4/h13-17,24-25H,1-2,6-12,18-20H2,3-5H3/t24-,25-/m0/s1. The predicted octanol–water partition coefficient (Wildman–Crippen LogP) is 5.34. The van der Waals surface area contributed by atoms with E-state index in [1.165, 1.54) is 0 Å². The van der Waals surface area contributed by atoms with Crippen molar-refractivity contribution in [1.82, 2.24) is 9.80 Å². The quantitative estimate of drug-likeness (QED) is 0.292. The van der Waals surface area contributed by atoms with E-state index in [2.05, 4.69) is 23.1 Å². The minimum atomic E-state index is -0.0596. The van der Waals surface area contributed by atoms with Crippen LogP contribution in [-0.4, -0.2) is 86.9 Å². The number of ether oxygens (including phenoxy) is 3. The zero-order chi connectivity index (χ0) is 30.2. The molecule has 9 heteroatoms. The van der Waals surface area contributed by atoms with Crippen LogP contribution in [0.1, 0.15) is 58.4 Å². The lowest BCUT2D eigenvalue weighted by Gasteiger charge is -2.24. The lowest BCUT2D eigenvalue weighted by molar-refractivity contribution is 0.0749. The Bertz CT molecular complexity index is 1510. The number of aryl methyl sites for hydroxylation is 1. The molecule has 0 N–H and O–H groups in total. The minimum absolute atomic E-state index is 0.0541. The summed E-state index contributed by atoms with van der Waals surface area (Å²) in [4.78, 5) is 37.0. The van der Waals surface area contributed by atoms with Crippen LogP contribution in [0.15, 0.2) is 53.6 Å². The number of benzene rings is 2. The molecule has 2 saturated heterocycles. The van der Waals surface area contributed by atoms with Gasteiger partial charge in [0.2, 0.25) is 0 Å². The molecule has 0 bridgehead atoms. The molecule has 0 spiro atoms. The largest absolute Gasteiger partial charge is 0.493 e. The lowest BCUT2D eigenvalue weighted by atomic mass is 10.1. The van der Waals surface area contributed by atoms with E-state index in [4.69, 9.17) is 14.2 Å². The molecule has 2 aromatic rings. The van der Waals surface area contributed by atoms with Gasteiger partial charge in [-0.3, -0.25) is 14.6 Å². The molecule has 0 saturated carbocycles. The maximum atomic E-state index is 13.3. The normalized spacial score (nSPS) is 20.9. The van der Waals surface area contributed by atoms with Gasteiger partial charge in [0, 0.05) is 45.0 Å². The van der Waals surface area contributed by atoms with Crippen LogP contribution in [0.25, 0.3) is 0 Å². The number of fused-ring (bicyclic) bond motifs is 4. The number of hydrogen-bond acceptors (Lipinski definition) is 7. The molecule has 4 aliphatic heterocycles. The molecule has 2 aromatic carbocycles. The predicted molar refractivity (Wildman–Crippen MR) is 168 cm³/mol. The molecule has 226 valence electrons. The van der Waals surface area contributed by atoms with Gasteiger partial charge in [-0.05, 0) is 56.7 Å². The van der Waals surface area contributed by atoms with Gasteiger partial charge in [-0.25, -0.2) is 0 Å². The lowest BCUT2D eigenvalue weighted by Crippen LogP contribution is -2.38. The fraction of sp³-hybridized carbons (Fsp3) is 0.441. The first kappa shape index (κ1) is 28.8. The van der Waals surface area contributed by atoms with E-state index < -0.39 is 0 Å². The third kappa shape index (κ3) is 5.60. The third-order valence-corrected chi connectivity index (χ3v) is 8.79. The van der Waals surface area contributed by atoms with Crippen molar-refractivity contribution in [2.75, 3.05) is 51.9 Å². The number of hydrogen-bond donors (Lipinski definition) is 0. The van der Waals surface area contributed by atoms with Gasteiger partial charge in [-0.2, -0.15) is 0 Å². The Kier molecular flexibility index (Phi) is 7.90. The Labute approximate surface area is 253 Å². The fourth-order valence-electron chi connectivity index (χ4n) is 6.52. The summed E-state index contributed by atoms with van der Waals surface area (Å²) in [6.45, 7) is 13.2. The van der Waals surface area contributed by atoms with Crippen molar-refractivity contribution in [3.05, 3.63) is 65.3 Å². The Morgan fingerprint density at radius 2 is 1.56 bits per heavy atom. The second kappa shape index (κ2) is 11.8. The molecule has 43 heavy (non-hydrogen) atoms. The van der Waals surface area contributed by atoms with E-state index in [1.54, 1.807) is 19.2 Å². The number of likely N-dealkylation sites (N-methyl/N-ethyl adjacent to an activating group) is 1. The maximum Gasteiger partial charge on any atom is 0.257 e. The third-order valence-electron chi connectivity index (χ3n) is 8.79. The molecule has 0 radical (unpaired) electrons. The van der Waals surface area contributed by atoms with Crippen molar-refractivity contribution in [3.63, 3.8) is 0 Å². The van der Waals surface area contributed by atoms with Crippen LogP contribution in [0.4, 0.5) is 11.4 Å². The molecule has 2 fully saturated rings. The second-order valence-electron chi connectivity index (χ2n) is 12.1. The number of amides is 2. The van der Waals surface area contributed by atoms with Crippen molar-refractivity contribution >= 4 is 29.4 Å². The van der Waals surface area contributed by atoms with Crippen LogP contribution in [-0.2, 0) is 0 Å². The Morgan fingerprint density at radius 3 is 2.33 bits per heavy atom. The number of carbonyl (C=O) groups is 2. The first-order valence-corrected chi connectivity index (χ1v) is 15.1. The van der Waals surface area contributed by atoms with Crippen molar-refractivity contribution in [3.8, 4) is 17.2 Å². The number of nitrogens with zero attached hydrogens (tertiary/aromatic N) is 4. The number of methoxy groups -OCH3 is 1. The summed E-state index contributed by atoms with van der Waals surface area (Å²) in [6, 6.07) is 7.63. The van der Waals surface area contributed by atoms with Gasteiger partial charge in [0.1, 0.15) is 5.75 Å². The Hall–Kier alpha value is -4.27. The summed E-state index contributed by atoms with van der Waals surface area (Å²) in [5.41, 5.74) is 5.89. The average molecular weight is 585 g/mol. The van der Waals surface area contributed by atoms with Crippen LogP contribution >= 0.6 is 0 Å². The highest BCUT2D eigenvalue weighted by molar-refractivity contribution is 6.04. The average Bonchev–Trinajstić information content (AvgIpc) is 3.50. The molecule has 0 aromatic heterocycles. The molecule has 2 atom stereocenters. The van der Waals surface area contributed by atoms with Crippen molar-refractivity contribution in [2.24, 2.45) is 4.99 Å². The monoisotopic (exact) mass is 584 g/mol. The number of aliphatic imine (C=N–C) groups is 1. The minimum Gasteiger partial charge on any atom is -0.493 e. The maximum absolute atomic E-state index is 13.3. The molecule has 0 aliphatic carbocycles. The Balaban J connectivity index is 1.01. The number of unbranched alkanes of at least 4 members (excludes halogenated alkanes) is 2. The Morgan fingerprint density at radius 1 is 0.860 bits per heavy atom. The topological polar surface area (TPSA) is 83.9 Å². The number of rotatable bonds is 9. The molecule has 6 rings (SSSR count). The summed E-state index contributed by atoms with van der Waals surface area (Å²) in [5, 5.41) is 0. The van der Waals surface area contributed by atoms with E-state index in [9.17, 15) is 9.59 Å². The smallest absolute Gasteiger partial charge is 0.257 e. The molecule has 9 nitrogen and oxygen atoms in total. The van der Waals surface area contributed by atoms with Gasteiger partial charge in [0.25, 0.3) is 11.8 Å². The van der Waals surface area contributed by atoms with Crippen LogP contribution in [0, 0.1) is 6.92 Å². The van der Waals surface area contributed by atoms with E-state index in [0.717, 1.165) is 72.4 Å². The van der Waals surface area contributed by atoms with Gasteiger partial charge in [-0.15, -0.1) is 0 Å². The highest BCUT2D eigenvalue weighted by atomic mass is 16.5. The zero-order valence-corrected chi connectivity index (χ0v) is 25.4. The van der Waals surface area contributed by atoms with Gasteiger partial charge in [0.05, 0.1) is 54.9 Å². The van der Waals surface area contributed by atoms with Gasteiger partial charge in [-0.1, -0.05) is 24.3 Å². The summed E-state index contributed by atoms with van der Waals surface area (Å²) in [6.07, 6.45) is 6.07. The van der Waals surface area contributed by atoms with Crippen molar-refractivity contribution < 1.29 is 23.8 Å². The molecule has 2 amide bonds. The fourth-order valence-corrected chi connectivity index (χ4v) is 6.52. The summed E-state index contributed by atoms with van der Waals surface area (Å²) in [5.74, 6) is 1.94. The first-order chi connectivity index (χ1) is 20.7. The SMILES string of the molecule is C=C1C[C@H]2CN(C)c3cc(OCCCCCOc4cc5c(cc4OC)C(=O)N4CC(=C)C[C@H]4C=N5)c(C)cc3C(=O)N2C1. The summed E-state index contributed by atoms with van der Waals surface area (Å²) in [7, 11) is 3.62. The van der Waals surface area contributed by atoms with E-state index in [-0.39, 0.29) is 23.9 Å². The number of carbonyl (C=O) groups excluding carboxylic acids is 2. The molecule has 4 heterocycles. The molecule has 4 aliphatic rings. The number of anilines is 1. The van der Waals surface area contributed by atoms with E-state index in [1.807, 2.05) is 42.1 Å². The van der Waals surface area contributed by atoms with Gasteiger partial charge < -0.3 is 28.9 Å². The highest BCUT2D eigenvalue weighted by Crippen LogP contribution is 2.39. The van der Waals surface area contributed by atoms with Crippen LogP contribution in [0.2, 0.25) is 0 Å². The molecular formula is C34H40N4O5. The van der Waals surface area contributed by atoms with E-state index in [0.29, 0.717) is 49.1 Å². The summed E-state index contributed by atoms with van der Waals surface area (Å²) < 4.78 is 17.8. The summed E-state index contributed by atoms with van der Waals surface area (Å²) >= 11 is 0. The van der Waals surface area contributed by atoms with Crippen molar-refractivity contribution in [1.29, 1.82) is 0 Å². The molecular weight excluding hydrogens is 544 g/mol.